The van der Waals surface area contributed by atoms with Crippen molar-refractivity contribution in [3.63, 3.8) is 0 Å². The lowest BCUT2D eigenvalue weighted by Gasteiger charge is -2.26. The van der Waals surface area contributed by atoms with Crippen molar-refractivity contribution in [2.75, 3.05) is 33.4 Å². The second kappa shape index (κ2) is 9.98. The lowest BCUT2D eigenvalue weighted by atomic mass is 10.1. The summed E-state index contributed by atoms with van der Waals surface area (Å²) < 4.78 is 78.4. The standard InChI is InChI=1S/C21H23F3N2O6S/c1-14(15-3-5-16(6-4-15)32-21(22,23)24)25-20(27)18-13-17(7-8-19(18)30-2)33(28,29)26-9-11-31-12-10-26/h3-8,13-14H,9-12H2,1-2H3,(H,25,27). The maximum Gasteiger partial charge on any atom is 0.573 e. The highest BCUT2D eigenvalue weighted by molar-refractivity contribution is 7.89. The molecule has 0 bridgehead atoms. The molecule has 1 amide bonds. The van der Waals surface area contributed by atoms with Crippen LogP contribution in [0.5, 0.6) is 11.5 Å². The fraction of sp³-hybridized carbons (Fsp3) is 0.381. The van der Waals surface area contributed by atoms with Crippen LogP contribution in [0.15, 0.2) is 47.4 Å². The van der Waals surface area contributed by atoms with Gasteiger partial charge in [-0.15, -0.1) is 13.2 Å². The van der Waals surface area contributed by atoms with Gasteiger partial charge < -0.3 is 19.5 Å². The van der Waals surface area contributed by atoms with E-state index in [2.05, 4.69) is 10.1 Å². The Balaban J connectivity index is 1.79. The number of sulfonamides is 1. The van der Waals surface area contributed by atoms with E-state index in [-0.39, 0.29) is 48.3 Å². The number of carbonyl (C=O) groups excluding carboxylic acids is 1. The number of amides is 1. The minimum atomic E-state index is -4.80. The van der Waals surface area contributed by atoms with Crippen LogP contribution in [0.4, 0.5) is 13.2 Å². The van der Waals surface area contributed by atoms with Gasteiger partial charge in [-0.2, -0.15) is 4.31 Å². The number of alkyl halides is 3. The molecule has 1 saturated heterocycles. The topological polar surface area (TPSA) is 94.2 Å². The first-order valence-corrected chi connectivity index (χ1v) is 11.4. The van der Waals surface area contributed by atoms with Gasteiger partial charge in [0.2, 0.25) is 10.0 Å². The van der Waals surface area contributed by atoms with Crippen molar-refractivity contribution in [2.45, 2.75) is 24.2 Å². The Bertz CT molecular complexity index is 1080. The molecule has 2 aromatic carbocycles. The number of halogens is 3. The molecule has 8 nitrogen and oxygen atoms in total. The van der Waals surface area contributed by atoms with Crippen LogP contribution in [0.2, 0.25) is 0 Å². The van der Waals surface area contributed by atoms with Crippen molar-refractivity contribution >= 4 is 15.9 Å². The average Bonchev–Trinajstić information content (AvgIpc) is 2.78. The Morgan fingerprint density at radius 2 is 1.76 bits per heavy atom. The van der Waals surface area contributed by atoms with Crippen molar-refractivity contribution < 1.29 is 40.6 Å². The van der Waals surface area contributed by atoms with Crippen LogP contribution in [-0.4, -0.2) is 58.4 Å². The lowest BCUT2D eigenvalue weighted by Crippen LogP contribution is -2.40. The number of nitrogens with one attached hydrogen (secondary N) is 1. The fourth-order valence-electron chi connectivity index (χ4n) is 3.28. The molecule has 2 aromatic rings. The molecule has 0 saturated carbocycles. The molecular formula is C21H23F3N2O6S. The van der Waals surface area contributed by atoms with Gasteiger partial charge >= 0.3 is 6.36 Å². The van der Waals surface area contributed by atoms with Crippen LogP contribution in [0.25, 0.3) is 0 Å². The first kappa shape index (κ1) is 24.8. The minimum Gasteiger partial charge on any atom is -0.496 e. The number of rotatable bonds is 7. The SMILES string of the molecule is COc1ccc(S(=O)(=O)N2CCOCC2)cc1C(=O)NC(C)c1ccc(OC(F)(F)F)cc1. The lowest BCUT2D eigenvalue weighted by molar-refractivity contribution is -0.274. The maximum absolute atomic E-state index is 12.9. The molecule has 0 spiro atoms. The first-order chi connectivity index (χ1) is 15.5. The highest BCUT2D eigenvalue weighted by Crippen LogP contribution is 2.27. The van der Waals surface area contributed by atoms with Gasteiger partial charge in [-0.1, -0.05) is 12.1 Å². The number of ether oxygens (including phenoxy) is 3. The zero-order valence-electron chi connectivity index (χ0n) is 17.9. The molecule has 1 N–H and O–H groups in total. The van der Waals surface area contributed by atoms with Crippen molar-refractivity contribution in [2.24, 2.45) is 0 Å². The van der Waals surface area contributed by atoms with Gasteiger partial charge in [0.15, 0.2) is 0 Å². The van der Waals surface area contributed by atoms with E-state index in [9.17, 15) is 26.4 Å². The zero-order valence-corrected chi connectivity index (χ0v) is 18.7. The summed E-state index contributed by atoms with van der Waals surface area (Å²) in [7, 11) is -2.48. The Labute approximate surface area is 189 Å². The molecule has 0 aromatic heterocycles. The van der Waals surface area contributed by atoms with Gasteiger partial charge in [0.1, 0.15) is 11.5 Å². The Kier molecular flexibility index (Phi) is 7.50. The second-order valence-corrected chi connectivity index (χ2v) is 9.13. The molecule has 1 aliphatic rings. The van der Waals surface area contributed by atoms with E-state index in [1.165, 1.54) is 41.7 Å². The summed E-state index contributed by atoms with van der Waals surface area (Å²) in [6.45, 7) is 2.63. The van der Waals surface area contributed by atoms with Gasteiger partial charge in [-0.25, -0.2) is 8.42 Å². The number of benzene rings is 2. The summed E-state index contributed by atoms with van der Waals surface area (Å²) in [5, 5.41) is 2.70. The Morgan fingerprint density at radius 1 is 1.12 bits per heavy atom. The van der Waals surface area contributed by atoms with E-state index in [1.54, 1.807) is 6.92 Å². The summed E-state index contributed by atoms with van der Waals surface area (Å²) in [5.74, 6) is -0.809. The predicted molar refractivity (Wildman–Crippen MR) is 112 cm³/mol. The smallest absolute Gasteiger partial charge is 0.496 e. The summed E-state index contributed by atoms with van der Waals surface area (Å²) >= 11 is 0. The molecule has 180 valence electrons. The molecule has 12 heteroatoms. The van der Waals surface area contributed by atoms with Crippen molar-refractivity contribution in [3.8, 4) is 11.5 Å². The second-order valence-electron chi connectivity index (χ2n) is 7.19. The Hall–Kier alpha value is -2.83. The van der Waals surface area contributed by atoms with Crippen LogP contribution in [0, 0.1) is 0 Å². The minimum absolute atomic E-state index is 0.00992. The third kappa shape index (κ3) is 6.15. The number of hydrogen-bond acceptors (Lipinski definition) is 6. The molecule has 3 rings (SSSR count). The maximum atomic E-state index is 12.9. The summed E-state index contributed by atoms with van der Waals surface area (Å²) in [6.07, 6.45) is -4.80. The third-order valence-corrected chi connectivity index (χ3v) is 6.88. The van der Waals surface area contributed by atoms with E-state index in [0.29, 0.717) is 5.56 Å². The summed E-state index contributed by atoms with van der Waals surface area (Å²) in [5.41, 5.74) is 0.532. The normalized spacial score (nSPS) is 16.2. The van der Waals surface area contributed by atoms with E-state index in [1.807, 2.05) is 0 Å². The number of carbonyl (C=O) groups is 1. The van der Waals surface area contributed by atoms with Crippen molar-refractivity contribution in [1.29, 1.82) is 0 Å². The van der Waals surface area contributed by atoms with E-state index in [0.717, 1.165) is 12.1 Å². The van der Waals surface area contributed by atoms with Crippen LogP contribution >= 0.6 is 0 Å². The summed E-state index contributed by atoms with van der Waals surface area (Å²) in [6, 6.07) is 8.47. The van der Waals surface area contributed by atoms with Crippen molar-refractivity contribution in [3.05, 3.63) is 53.6 Å². The quantitative estimate of drug-likeness (QED) is 0.644. The summed E-state index contributed by atoms with van der Waals surface area (Å²) in [4.78, 5) is 12.9. The van der Waals surface area contributed by atoms with Crippen LogP contribution in [0.1, 0.15) is 28.9 Å². The van der Waals surface area contributed by atoms with Crippen molar-refractivity contribution in [1.82, 2.24) is 9.62 Å². The van der Waals surface area contributed by atoms with E-state index < -0.39 is 28.3 Å². The van der Waals surface area contributed by atoms with Gasteiger partial charge in [0.05, 0.1) is 36.8 Å². The number of hydrogen-bond donors (Lipinski definition) is 1. The number of methoxy groups -OCH3 is 1. The van der Waals surface area contributed by atoms with Crippen LogP contribution in [0.3, 0.4) is 0 Å². The van der Waals surface area contributed by atoms with Crippen LogP contribution in [-0.2, 0) is 14.8 Å². The van der Waals surface area contributed by atoms with E-state index in [4.69, 9.17) is 9.47 Å². The van der Waals surface area contributed by atoms with Gasteiger partial charge in [0.25, 0.3) is 5.91 Å². The number of nitrogens with zero attached hydrogens (tertiary/aromatic N) is 1. The van der Waals surface area contributed by atoms with Gasteiger partial charge in [-0.3, -0.25) is 4.79 Å². The van der Waals surface area contributed by atoms with Gasteiger partial charge in [0, 0.05) is 13.1 Å². The molecule has 1 fully saturated rings. The molecule has 0 aliphatic carbocycles. The largest absolute Gasteiger partial charge is 0.573 e. The monoisotopic (exact) mass is 488 g/mol. The third-order valence-electron chi connectivity index (χ3n) is 4.98. The average molecular weight is 488 g/mol. The van der Waals surface area contributed by atoms with Crippen LogP contribution < -0.4 is 14.8 Å². The molecule has 1 unspecified atom stereocenters. The predicted octanol–water partition coefficient (Wildman–Crippen LogP) is 3.11. The molecular weight excluding hydrogens is 465 g/mol. The highest BCUT2D eigenvalue weighted by atomic mass is 32.2. The first-order valence-electron chi connectivity index (χ1n) is 9.94. The Morgan fingerprint density at radius 3 is 2.33 bits per heavy atom. The molecule has 1 heterocycles. The van der Waals surface area contributed by atoms with E-state index >= 15 is 0 Å². The molecule has 1 atom stereocenters. The molecule has 0 radical (unpaired) electrons. The zero-order chi connectivity index (χ0) is 24.2. The molecule has 1 aliphatic heterocycles. The molecule has 33 heavy (non-hydrogen) atoms. The highest BCUT2D eigenvalue weighted by Gasteiger charge is 2.31. The number of morpholine rings is 1. The van der Waals surface area contributed by atoms with Gasteiger partial charge in [-0.05, 0) is 42.8 Å². The fourth-order valence-corrected chi connectivity index (χ4v) is 4.71.